The maximum absolute atomic E-state index is 7.15. The Labute approximate surface area is 401 Å². The Balaban J connectivity index is 1.07. The molecule has 0 saturated heterocycles. The van der Waals surface area contributed by atoms with Crippen LogP contribution in [0.2, 0.25) is 0 Å². The minimum atomic E-state index is 0.549. The first-order valence-electron chi connectivity index (χ1n) is 23.7. The molecule has 0 aliphatic rings. The van der Waals surface area contributed by atoms with Crippen LogP contribution < -0.4 is 0 Å². The van der Waals surface area contributed by atoms with Crippen molar-refractivity contribution in [1.82, 2.24) is 19.5 Å². The van der Waals surface area contributed by atoms with Gasteiger partial charge in [-0.3, -0.25) is 0 Å². The van der Waals surface area contributed by atoms with E-state index in [0.717, 1.165) is 93.4 Å². The summed E-state index contributed by atoms with van der Waals surface area (Å²) < 4.78 is 9.59. The van der Waals surface area contributed by atoms with Gasteiger partial charge in [0.05, 0.1) is 22.1 Å². The maximum atomic E-state index is 7.15. The van der Waals surface area contributed by atoms with Crippen LogP contribution in [0.4, 0.5) is 0 Å². The standard InChI is InChI=1S/C65H38N4O/c1-2-15-39(16-3-1)41-23-14-24-47(31-41)63-66-64(68-65(67-63)56-34-46-22-9-10-25-49(46)51-27-12-13-28-52(51)56)48-37-59(61-53-30-29-40-17-8-11-26-50(40)62(53)70-60(61)38-48)69-57-35-44-20-6-4-18-42(44)32-54(57)55-33-43-19-5-7-21-45(43)36-58(55)69/h1-38H. The van der Waals surface area contributed by atoms with Crippen molar-refractivity contribution in [3.8, 4) is 51.0 Å². The summed E-state index contributed by atoms with van der Waals surface area (Å²) in [6.07, 6.45) is 0. The van der Waals surface area contributed by atoms with E-state index in [1.54, 1.807) is 0 Å². The zero-order chi connectivity index (χ0) is 45.9. The van der Waals surface area contributed by atoms with Gasteiger partial charge in [-0.1, -0.05) is 176 Å². The number of aromatic nitrogens is 4. The molecule has 0 spiro atoms. The average molecular weight is 891 g/mol. The highest BCUT2D eigenvalue weighted by Crippen LogP contribution is 2.45. The number of nitrogens with zero attached hydrogens (tertiary/aromatic N) is 4. The first-order valence-corrected chi connectivity index (χ1v) is 23.7. The van der Waals surface area contributed by atoms with E-state index in [4.69, 9.17) is 19.4 Å². The van der Waals surface area contributed by atoms with Crippen molar-refractivity contribution in [2.75, 3.05) is 0 Å². The molecule has 5 heteroatoms. The van der Waals surface area contributed by atoms with Gasteiger partial charge in [-0.05, 0) is 114 Å². The first-order chi connectivity index (χ1) is 34.7. The van der Waals surface area contributed by atoms with Crippen LogP contribution in [0.15, 0.2) is 235 Å². The maximum Gasteiger partial charge on any atom is 0.164 e. The lowest BCUT2D eigenvalue weighted by molar-refractivity contribution is 0.672. The van der Waals surface area contributed by atoms with Gasteiger partial charge in [0.15, 0.2) is 17.5 Å². The predicted octanol–water partition coefficient (Wildman–Crippen LogP) is 17.3. The summed E-state index contributed by atoms with van der Waals surface area (Å²) in [7, 11) is 0. The van der Waals surface area contributed by atoms with Gasteiger partial charge in [-0.25, -0.2) is 15.0 Å². The molecule has 0 saturated carbocycles. The Kier molecular flexibility index (Phi) is 8.29. The second-order valence-corrected chi connectivity index (χ2v) is 18.3. The Morgan fingerprint density at radius 3 is 1.56 bits per heavy atom. The van der Waals surface area contributed by atoms with Gasteiger partial charge in [0.25, 0.3) is 0 Å². The van der Waals surface area contributed by atoms with Crippen LogP contribution in [0.1, 0.15) is 0 Å². The molecule has 324 valence electrons. The van der Waals surface area contributed by atoms with E-state index in [1.807, 2.05) is 6.07 Å². The highest BCUT2D eigenvalue weighted by atomic mass is 16.3. The normalized spacial score (nSPS) is 12.0. The van der Waals surface area contributed by atoms with Crippen LogP contribution in [0, 0.1) is 0 Å². The van der Waals surface area contributed by atoms with E-state index >= 15 is 0 Å². The van der Waals surface area contributed by atoms with Crippen LogP contribution >= 0.6 is 0 Å². The van der Waals surface area contributed by atoms with Gasteiger partial charge in [-0.2, -0.15) is 0 Å². The fourth-order valence-electron chi connectivity index (χ4n) is 11.0. The summed E-state index contributed by atoms with van der Waals surface area (Å²) in [5.41, 5.74) is 9.66. The molecule has 15 aromatic rings. The number of rotatable bonds is 5. The Morgan fingerprint density at radius 1 is 0.300 bits per heavy atom. The second kappa shape index (κ2) is 15.0. The van der Waals surface area contributed by atoms with Crippen molar-refractivity contribution in [2.45, 2.75) is 0 Å². The van der Waals surface area contributed by atoms with Gasteiger partial charge in [-0.15, -0.1) is 0 Å². The van der Waals surface area contributed by atoms with E-state index < -0.39 is 0 Å². The highest BCUT2D eigenvalue weighted by molar-refractivity contribution is 6.22. The van der Waals surface area contributed by atoms with Crippen molar-refractivity contribution in [1.29, 1.82) is 0 Å². The molecule has 3 aromatic heterocycles. The van der Waals surface area contributed by atoms with E-state index in [0.29, 0.717) is 17.5 Å². The Morgan fingerprint density at radius 2 is 0.843 bits per heavy atom. The number of fused-ring (bicyclic) bond motifs is 13. The van der Waals surface area contributed by atoms with Crippen molar-refractivity contribution >= 4 is 97.6 Å². The quantitative estimate of drug-likeness (QED) is 0.162. The third kappa shape index (κ3) is 5.95. The van der Waals surface area contributed by atoms with E-state index in [-0.39, 0.29) is 0 Å². The molecule has 0 bridgehead atoms. The molecule has 0 amide bonds. The largest absolute Gasteiger partial charge is 0.455 e. The first kappa shape index (κ1) is 38.6. The molecule has 15 rings (SSSR count). The molecule has 0 atom stereocenters. The fourth-order valence-corrected chi connectivity index (χ4v) is 11.0. The van der Waals surface area contributed by atoms with E-state index in [9.17, 15) is 0 Å². The molecule has 0 radical (unpaired) electrons. The molecule has 12 aromatic carbocycles. The fraction of sp³-hybridized carbons (Fsp3) is 0. The SMILES string of the molecule is c1ccc(-c2cccc(-c3nc(-c4cc(-n5c6cc7ccccc7cc6c6cc7ccccc7cc65)c5c(c4)oc4c6ccccc6ccc45)nc(-c4cc5ccccc5c5ccccc45)n3)c2)cc1. The Bertz CT molecular complexity index is 4570. The van der Waals surface area contributed by atoms with E-state index in [1.165, 1.54) is 37.7 Å². The molecule has 0 unspecified atom stereocenters. The summed E-state index contributed by atoms with van der Waals surface area (Å²) in [5, 5.41) is 15.9. The van der Waals surface area contributed by atoms with Crippen molar-refractivity contribution in [3.63, 3.8) is 0 Å². The van der Waals surface area contributed by atoms with Crippen molar-refractivity contribution in [2.24, 2.45) is 0 Å². The van der Waals surface area contributed by atoms with Crippen LogP contribution in [-0.4, -0.2) is 19.5 Å². The van der Waals surface area contributed by atoms with Gasteiger partial charge < -0.3 is 8.98 Å². The predicted molar refractivity (Wildman–Crippen MR) is 291 cm³/mol. The zero-order valence-electron chi connectivity index (χ0n) is 37.6. The molecule has 0 N–H and O–H groups in total. The zero-order valence-corrected chi connectivity index (χ0v) is 37.6. The monoisotopic (exact) mass is 890 g/mol. The molecule has 0 fully saturated rings. The van der Waals surface area contributed by atoms with E-state index in [2.05, 4.69) is 229 Å². The highest BCUT2D eigenvalue weighted by Gasteiger charge is 2.24. The summed E-state index contributed by atoms with van der Waals surface area (Å²) in [6.45, 7) is 0. The molecule has 5 nitrogen and oxygen atoms in total. The minimum Gasteiger partial charge on any atom is -0.455 e. The molecule has 0 aliphatic carbocycles. The van der Waals surface area contributed by atoms with Crippen LogP contribution in [0.3, 0.4) is 0 Å². The lowest BCUT2D eigenvalue weighted by Gasteiger charge is -2.15. The van der Waals surface area contributed by atoms with Crippen LogP contribution in [-0.2, 0) is 0 Å². The summed E-state index contributed by atoms with van der Waals surface area (Å²) in [4.78, 5) is 16.3. The molecular formula is C65H38N4O. The average Bonchev–Trinajstić information content (AvgIpc) is 3.96. The molecule has 70 heavy (non-hydrogen) atoms. The third-order valence-corrected chi connectivity index (χ3v) is 14.3. The number of benzene rings is 12. The van der Waals surface area contributed by atoms with Crippen LogP contribution in [0.5, 0.6) is 0 Å². The summed E-state index contributed by atoms with van der Waals surface area (Å²) in [5.74, 6) is 1.73. The molecule has 3 heterocycles. The number of hydrogen-bond acceptors (Lipinski definition) is 4. The van der Waals surface area contributed by atoms with Crippen molar-refractivity contribution < 1.29 is 4.42 Å². The van der Waals surface area contributed by atoms with Gasteiger partial charge >= 0.3 is 0 Å². The topological polar surface area (TPSA) is 56.7 Å². The second-order valence-electron chi connectivity index (χ2n) is 18.3. The lowest BCUT2D eigenvalue weighted by Crippen LogP contribution is -2.02. The van der Waals surface area contributed by atoms with Crippen molar-refractivity contribution in [3.05, 3.63) is 231 Å². The molecular weight excluding hydrogens is 853 g/mol. The minimum absolute atomic E-state index is 0.549. The number of furan rings is 1. The lowest BCUT2D eigenvalue weighted by atomic mass is 9.96. The third-order valence-electron chi connectivity index (χ3n) is 14.3. The summed E-state index contributed by atoms with van der Waals surface area (Å²) in [6, 6.07) is 82.3. The summed E-state index contributed by atoms with van der Waals surface area (Å²) >= 11 is 0. The van der Waals surface area contributed by atoms with Gasteiger partial charge in [0.2, 0.25) is 0 Å². The van der Waals surface area contributed by atoms with Crippen LogP contribution in [0.25, 0.3) is 149 Å². The Hall–Kier alpha value is -9.45. The number of hydrogen-bond donors (Lipinski definition) is 0. The molecule has 0 aliphatic heterocycles. The smallest absolute Gasteiger partial charge is 0.164 e. The van der Waals surface area contributed by atoms with Gasteiger partial charge in [0, 0.05) is 38.2 Å². The van der Waals surface area contributed by atoms with Gasteiger partial charge in [0.1, 0.15) is 11.2 Å².